The number of anilines is 1. The van der Waals surface area contributed by atoms with Crippen molar-refractivity contribution >= 4 is 29.4 Å². The molecule has 0 atom stereocenters. The predicted octanol–water partition coefficient (Wildman–Crippen LogP) is 6.80. The lowest BCUT2D eigenvalue weighted by atomic mass is 9.99. The highest BCUT2D eigenvalue weighted by atomic mass is 32.2. The van der Waals surface area contributed by atoms with Gasteiger partial charge in [-0.2, -0.15) is 26.3 Å². The van der Waals surface area contributed by atoms with Gasteiger partial charge in [0.25, 0.3) is 0 Å². The number of piperidine rings is 1. The lowest BCUT2D eigenvalue weighted by Gasteiger charge is -2.39. The van der Waals surface area contributed by atoms with Crippen LogP contribution in [-0.2, 0) is 26.6 Å². The molecule has 1 N–H and O–H groups in total. The van der Waals surface area contributed by atoms with Crippen molar-refractivity contribution in [3.63, 3.8) is 0 Å². The Hall–Kier alpha value is -2.74. The number of benzene rings is 2. The zero-order valence-electron chi connectivity index (χ0n) is 24.1. The number of rotatable bonds is 7. The number of ether oxygens (including phenoxy) is 2. The number of nitrogens with zero attached hydrogens (tertiary/aromatic N) is 2. The molecule has 0 spiro atoms. The third kappa shape index (κ3) is 8.29. The molecule has 13 heteroatoms. The Kier molecular flexibility index (Phi) is 10.5. The molecule has 6 nitrogen and oxygen atoms in total. The van der Waals surface area contributed by atoms with Crippen LogP contribution in [0.2, 0.25) is 0 Å². The molecule has 44 heavy (non-hydrogen) atoms. The van der Waals surface area contributed by atoms with E-state index >= 15 is 0 Å². The number of nitrogens with one attached hydrogen (secondary N) is 1. The standard InChI is InChI=1S/C31H35F6N3O3S/c32-30(33,34)28-21(5-7-27(41)40-12-8-24(9-13-40)39-14-18-43-19-15-39)4-6-26(29(28)31(35,36)37)44-25-3-1-2-23(20-25)38-22-10-16-42-17-11-22/h1-7,20,22,24,38H,8-19H2. The molecule has 2 aromatic carbocycles. The van der Waals surface area contributed by atoms with Crippen molar-refractivity contribution in [1.82, 2.24) is 9.80 Å². The average Bonchev–Trinajstić information content (AvgIpc) is 3.00. The summed E-state index contributed by atoms with van der Waals surface area (Å²) >= 11 is 0.619. The number of alkyl halides is 6. The summed E-state index contributed by atoms with van der Waals surface area (Å²) in [5, 5.41) is 3.32. The largest absolute Gasteiger partial charge is 0.418 e. The first-order valence-electron chi connectivity index (χ1n) is 14.7. The molecule has 0 saturated carbocycles. The van der Waals surface area contributed by atoms with Crippen LogP contribution in [0.5, 0.6) is 0 Å². The van der Waals surface area contributed by atoms with Crippen LogP contribution in [0.25, 0.3) is 6.08 Å². The smallest absolute Gasteiger partial charge is 0.382 e. The highest BCUT2D eigenvalue weighted by Crippen LogP contribution is 2.48. The van der Waals surface area contributed by atoms with Gasteiger partial charge in [-0.3, -0.25) is 9.69 Å². The van der Waals surface area contributed by atoms with E-state index in [-0.39, 0.29) is 6.04 Å². The number of halogens is 6. The molecular weight excluding hydrogens is 608 g/mol. The van der Waals surface area contributed by atoms with E-state index in [1.165, 1.54) is 4.90 Å². The highest BCUT2D eigenvalue weighted by molar-refractivity contribution is 7.99. The highest BCUT2D eigenvalue weighted by Gasteiger charge is 2.46. The molecule has 3 aliphatic rings. The summed E-state index contributed by atoms with van der Waals surface area (Å²) in [6.07, 6.45) is -5.84. The third-order valence-corrected chi connectivity index (χ3v) is 9.21. The Morgan fingerprint density at radius 1 is 0.841 bits per heavy atom. The van der Waals surface area contributed by atoms with Gasteiger partial charge in [-0.15, -0.1) is 0 Å². The summed E-state index contributed by atoms with van der Waals surface area (Å²) in [5.74, 6) is -0.528. The van der Waals surface area contributed by atoms with Crippen LogP contribution >= 0.6 is 11.8 Å². The normalized spacial score (nSPS) is 19.9. The summed E-state index contributed by atoms with van der Waals surface area (Å²) < 4.78 is 96.7. The summed E-state index contributed by atoms with van der Waals surface area (Å²) in [6, 6.07) is 9.07. The van der Waals surface area contributed by atoms with Gasteiger partial charge >= 0.3 is 12.4 Å². The summed E-state index contributed by atoms with van der Waals surface area (Å²) in [7, 11) is 0. The molecule has 0 aromatic heterocycles. The number of morpholine rings is 1. The van der Waals surface area contributed by atoms with Gasteiger partial charge in [0.15, 0.2) is 0 Å². The zero-order chi connectivity index (χ0) is 31.3. The van der Waals surface area contributed by atoms with E-state index in [2.05, 4.69) is 10.2 Å². The van der Waals surface area contributed by atoms with Crippen molar-refractivity contribution in [3.05, 3.63) is 59.2 Å². The van der Waals surface area contributed by atoms with Crippen molar-refractivity contribution in [3.8, 4) is 0 Å². The molecule has 0 aliphatic carbocycles. The fraction of sp³-hybridized carbons (Fsp3) is 0.516. The number of hydrogen-bond acceptors (Lipinski definition) is 6. The maximum Gasteiger partial charge on any atom is 0.418 e. The van der Waals surface area contributed by atoms with Crippen molar-refractivity contribution in [2.24, 2.45) is 0 Å². The topological polar surface area (TPSA) is 54.0 Å². The molecule has 0 radical (unpaired) electrons. The Balaban J connectivity index is 1.35. The summed E-state index contributed by atoms with van der Waals surface area (Å²) in [5.41, 5.74) is -3.61. The van der Waals surface area contributed by atoms with Gasteiger partial charge in [-0.05, 0) is 61.6 Å². The molecule has 240 valence electrons. The minimum Gasteiger partial charge on any atom is -0.382 e. The first-order chi connectivity index (χ1) is 21.0. The molecule has 3 heterocycles. The van der Waals surface area contributed by atoms with Crippen LogP contribution < -0.4 is 5.32 Å². The molecule has 3 fully saturated rings. The van der Waals surface area contributed by atoms with Crippen molar-refractivity contribution < 1.29 is 40.6 Å². The lowest BCUT2D eigenvalue weighted by Crippen LogP contribution is -2.49. The second-order valence-electron chi connectivity index (χ2n) is 11.1. The van der Waals surface area contributed by atoms with Crippen molar-refractivity contribution in [2.45, 2.75) is 59.9 Å². The Morgan fingerprint density at radius 2 is 1.50 bits per heavy atom. The predicted molar refractivity (Wildman–Crippen MR) is 156 cm³/mol. The lowest BCUT2D eigenvalue weighted by molar-refractivity contribution is -0.163. The van der Waals surface area contributed by atoms with Gasteiger partial charge in [-0.1, -0.05) is 23.9 Å². The second-order valence-corrected chi connectivity index (χ2v) is 12.2. The van der Waals surface area contributed by atoms with Gasteiger partial charge in [0.05, 0.1) is 24.3 Å². The molecule has 2 aromatic rings. The van der Waals surface area contributed by atoms with Crippen molar-refractivity contribution in [2.75, 3.05) is 57.9 Å². The average molecular weight is 644 g/mol. The quantitative estimate of drug-likeness (QED) is 0.265. The SMILES string of the molecule is O=C(C=Cc1ccc(Sc2cccc(NC3CCOCC3)c2)c(C(F)(F)F)c1C(F)(F)F)N1CCC(N2CCOCC2)CC1. The molecule has 3 aliphatic heterocycles. The van der Waals surface area contributed by atoms with Gasteiger partial charge in [-0.25, -0.2) is 0 Å². The van der Waals surface area contributed by atoms with Crippen LogP contribution in [0, 0.1) is 0 Å². The molecule has 0 bridgehead atoms. The van der Waals surface area contributed by atoms with Crippen LogP contribution in [-0.4, -0.2) is 80.4 Å². The van der Waals surface area contributed by atoms with Gasteiger partial charge in [0, 0.05) is 73.0 Å². The Labute approximate surface area is 256 Å². The minimum absolute atomic E-state index is 0.136. The van der Waals surface area contributed by atoms with Crippen LogP contribution in [0.1, 0.15) is 42.4 Å². The monoisotopic (exact) mass is 643 g/mol. The molecular formula is C31H35F6N3O3S. The molecule has 0 unspecified atom stereocenters. The van der Waals surface area contributed by atoms with E-state index in [1.54, 1.807) is 24.3 Å². The molecule has 3 saturated heterocycles. The number of likely N-dealkylation sites (tertiary alicyclic amines) is 1. The van der Waals surface area contributed by atoms with Crippen LogP contribution in [0.4, 0.5) is 32.0 Å². The van der Waals surface area contributed by atoms with Crippen LogP contribution in [0.3, 0.4) is 0 Å². The van der Waals surface area contributed by atoms with Gasteiger partial charge in [0.1, 0.15) is 0 Å². The van der Waals surface area contributed by atoms with Gasteiger partial charge in [0.2, 0.25) is 5.91 Å². The maximum absolute atomic E-state index is 14.3. The van der Waals surface area contributed by atoms with Gasteiger partial charge < -0.3 is 19.7 Å². The number of amides is 1. The number of carbonyl (C=O) groups excluding carboxylic acids is 1. The van der Waals surface area contributed by atoms with E-state index in [0.717, 1.165) is 50.2 Å². The molecule has 1 amide bonds. The fourth-order valence-electron chi connectivity index (χ4n) is 5.92. The van der Waals surface area contributed by atoms with E-state index in [9.17, 15) is 31.1 Å². The van der Waals surface area contributed by atoms with E-state index in [4.69, 9.17) is 9.47 Å². The van der Waals surface area contributed by atoms with Crippen molar-refractivity contribution in [1.29, 1.82) is 0 Å². The Bertz CT molecular complexity index is 1320. The molecule has 5 rings (SSSR count). The van der Waals surface area contributed by atoms with E-state index < -0.39 is 39.8 Å². The minimum atomic E-state index is -5.31. The number of carbonyl (C=O) groups is 1. The van der Waals surface area contributed by atoms with E-state index in [1.807, 2.05) is 0 Å². The first-order valence-corrected chi connectivity index (χ1v) is 15.5. The van der Waals surface area contributed by atoms with E-state index in [0.29, 0.717) is 80.7 Å². The zero-order valence-corrected chi connectivity index (χ0v) is 24.9. The van der Waals surface area contributed by atoms with Crippen LogP contribution in [0.15, 0.2) is 52.3 Å². The summed E-state index contributed by atoms with van der Waals surface area (Å²) in [6.45, 7) is 4.97. The summed E-state index contributed by atoms with van der Waals surface area (Å²) in [4.78, 5) is 16.5. The fourth-order valence-corrected chi connectivity index (χ4v) is 6.97. The number of hydrogen-bond donors (Lipinski definition) is 1. The third-order valence-electron chi connectivity index (χ3n) is 8.16. The first kappa shape index (κ1) is 32.6. The maximum atomic E-state index is 14.3. The second kappa shape index (κ2) is 14.1. The Morgan fingerprint density at radius 3 is 2.16 bits per heavy atom.